The fraction of sp³-hybridized carbons (Fsp3) is 0.533. The summed E-state index contributed by atoms with van der Waals surface area (Å²) in [7, 11) is 0. The molecule has 0 spiro atoms. The Hall–Kier alpha value is -1.55. The summed E-state index contributed by atoms with van der Waals surface area (Å²) in [6.45, 7) is 3.05. The zero-order valence-electron chi connectivity index (χ0n) is 11.3. The average molecular weight is 263 g/mol. The molecule has 19 heavy (non-hydrogen) atoms. The van der Waals surface area contributed by atoms with E-state index in [1.165, 1.54) is 0 Å². The van der Waals surface area contributed by atoms with Gasteiger partial charge in [-0.3, -0.25) is 0 Å². The van der Waals surface area contributed by atoms with Crippen molar-refractivity contribution >= 4 is 6.09 Å². The lowest BCUT2D eigenvalue weighted by molar-refractivity contribution is 0.0477. The fourth-order valence-electron chi connectivity index (χ4n) is 2.39. The maximum absolute atomic E-state index is 12.1. The SMILES string of the molecule is C[C@H]1CC[C@H](CO)CN1C(=O)OCc1ccccc1. The van der Waals surface area contributed by atoms with Crippen molar-refractivity contribution in [1.29, 1.82) is 0 Å². The molecule has 104 valence electrons. The monoisotopic (exact) mass is 263 g/mol. The lowest BCUT2D eigenvalue weighted by Gasteiger charge is -2.36. The normalized spacial score (nSPS) is 23.2. The van der Waals surface area contributed by atoms with Crippen molar-refractivity contribution in [2.45, 2.75) is 32.4 Å². The molecule has 1 aliphatic heterocycles. The van der Waals surface area contributed by atoms with Crippen molar-refractivity contribution in [3.8, 4) is 0 Å². The minimum atomic E-state index is -0.283. The quantitative estimate of drug-likeness (QED) is 0.911. The molecule has 4 heteroatoms. The molecule has 0 aliphatic carbocycles. The molecule has 1 aliphatic rings. The zero-order chi connectivity index (χ0) is 13.7. The van der Waals surface area contributed by atoms with Gasteiger partial charge in [-0.2, -0.15) is 0 Å². The van der Waals surface area contributed by atoms with Crippen molar-refractivity contribution in [2.75, 3.05) is 13.2 Å². The van der Waals surface area contributed by atoms with Crippen LogP contribution in [0.5, 0.6) is 0 Å². The lowest BCUT2D eigenvalue weighted by atomic mass is 9.94. The van der Waals surface area contributed by atoms with Crippen LogP contribution in [0.1, 0.15) is 25.3 Å². The van der Waals surface area contributed by atoms with Crippen molar-refractivity contribution in [3.05, 3.63) is 35.9 Å². The van der Waals surface area contributed by atoms with Gasteiger partial charge in [0, 0.05) is 19.2 Å². The van der Waals surface area contributed by atoms with E-state index < -0.39 is 0 Å². The Balaban J connectivity index is 1.88. The first kappa shape index (κ1) is 13.9. The number of rotatable bonds is 3. The number of carbonyl (C=O) groups excluding carboxylic acids is 1. The summed E-state index contributed by atoms with van der Waals surface area (Å²) >= 11 is 0. The van der Waals surface area contributed by atoms with E-state index in [0.717, 1.165) is 18.4 Å². The lowest BCUT2D eigenvalue weighted by Crippen LogP contribution is -2.46. The van der Waals surface area contributed by atoms with Crippen LogP contribution >= 0.6 is 0 Å². The highest BCUT2D eigenvalue weighted by atomic mass is 16.6. The van der Waals surface area contributed by atoms with E-state index in [4.69, 9.17) is 4.74 Å². The predicted molar refractivity (Wildman–Crippen MR) is 72.6 cm³/mol. The van der Waals surface area contributed by atoms with Gasteiger partial charge in [-0.25, -0.2) is 4.79 Å². The smallest absolute Gasteiger partial charge is 0.410 e. The number of amides is 1. The van der Waals surface area contributed by atoms with Gasteiger partial charge in [0.15, 0.2) is 0 Å². The Morgan fingerprint density at radius 2 is 2.11 bits per heavy atom. The molecule has 0 saturated carbocycles. The van der Waals surface area contributed by atoms with Crippen LogP contribution in [0.25, 0.3) is 0 Å². The summed E-state index contributed by atoms with van der Waals surface area (Å²) in [5, 5.41) is 9.21. The molecule has 0 aromatic heterocycles. The topological polar surface area (TPSA) is 49.8 Å². The Labute approximate surface area is 114 Å². The van der Waals surface area contributed by atoms with E-state index in [2.05, 4.69) is 0 Å². The van der Waals surface area contributed by atoms with Gasteiger partial charge < -0.3 is 14.7 Å². The molecule has 1 amide bonds. The highest BCUT2D eigenvalue weighted by Crippen LogP contribution is 2.22. The number of hydrogen-bond donors (Lipinski definition) is 1. The highest BCUT2D eigenvalue weighted by Gasteiger charge is 2.29. The number of aliphatic hydroxyl groups is 1. The van der Waals surface area contributed by atoms with Gasteiger partial charge in [0.2, 0.25) is 0 Å². The van der Waals surface area contributed by atoms with Gasteiger partial charge in [-0.1, -0.05) is 30.3 Å². The molecule has 0 unspecified atom stereocenters. The molecule has 0 bridgehead atoms. The first-order valence-electron chi connectivity index (χ1n) is 6.79. The summed E-state index contributed by atoms with van der Waals surface area (Å²) in [5.74, 6) is 0.181. The Kier molecular flexibility index (Phi) is 4.80. The van der Waals surface area contributed by atoms with Gasteiger partial charge in [-0.15, -0.1) is 0 Å². The number of nitrogens with zero attached hydrogens (tertiary/aromatic N) is 1. The number of benzene rings is 1. The second-order valence-electron chi connectivity index (χ2n) is 5.17. The average Bonchev–Trinajstić information content (AvgIpc) is 2.46. The van der Waals surface area contributed by atoms with Crippen LogP contribution in [0.15, 0.2) is 30.3 Å². The number of piperidine rings is 1. The maximum atomic E-state index is 12.1. The molecular formula is C15H21NO3. The molecule has 2 atom stereocenters. The van der Waals surface area contributed by atoms with Crippen LogP contribution in [0.3, 0.4) is 0 Å². The predicted octanol–water partition coefficient (Wildman–Crippen LogP) is 2.42. The van der Waals surface area contributed by atoms with Gasteiger partial charge in [0.25, 0.3) is 0 Å². The van der Waals surface area contributed by atoms with E-state index in [-0.39, 0.29) is 24.7 Å². The van der Waals surface area contributed by atoms with Gasteiger partial charge in [0.05, 0.1) is 0 Å². The molecule has 1 heterocycles. The third-order valence-electron chi connectivity index (χ3n) is 3.68. The Bertz CT molecular complexity index is 407. The van der Waals surface area contributed by atoms with Crippen LogP contribution < -0.4 is 0 Å². The third kappa shape index (κ3) is 3.70. The molecule has 1 saturated heterocycles. The fourth-order valence-corrected chi connectivity index (χ4v) is 2.39. The van der Waals surface area contributed by atoms with Crippen LogP contribution in [-0.4, -0.2) is 35.3 Å². The van der Waals surface area contributed by atoms with Crippen LogP contribution in [0, 0.1) is 5.92 Å². The molecule has 4 nitrogen and oxygen atoms in total. The van der Waals surface area contributed by atoms with E-state index in [1.54, 1.807) is 4.90 Å². The first-order valence-corrected chi connectivity index (χ1v) is 6.79. The second kappa shape index (κ2) is 6.57. The maximum Gasteiger partial charge on any atom is 0.410 e. The van der Waals surface area contributed by atoms with E-state index in [9.17, 15) is 9.90 Å². The van der Waals surface area contributed by atoms with Gasteiger partial charge in [-0.05, 0) is 31.2 Å². The largest absolute Gasteiger partial charge is 0.445 e. The minimum absolute atomic E-state index is 0.134. The number of hydrogen-bond acceptors (Lipinski definition) is 3. The van der Waals surface area contributed by atoms with E-state index >= 15 is 0 Å². The highest BCUT2D eigenvalue weighted by molar-refractivity contribution is 5.68. The minimum Gasteiger partial charge on any atom is -0.445 e. The van der Waals surface area contributed by atoms with E-state index in [0.29, 0.717) is 13.2 Å². The summed E-state index contributed by atoms with van der Waals surface area (Å²) < 4.78 is 5.34. The first-order chi connectivity index (χ1) is 9.20. The standard InChI is InChI=1S/C15H21NO3/c1-12-7-8-14(10-17)9-16(12)15(18)19-11-13-5-3-2-4-6-13/h2-6,12,14,17H,7-11H2,1H3/t12-,14-/m0/s1. The molecule has 1 aromatic rings. The second-order valence-corrected chi connectivity index (χ2v) is 5.17. The molecule has 0 radical (unpaired) electrons. The van der Waals surface area contributed by atoms with Crippen molar-refractivity contribution < 1.29 is 14.6 Å². The molecule has 2 rings (SSSR count). The third-order valence-corrected chi connectivity index (χ3v) is 3.68. The Morgan fingerprint density at radius 1 is 1.37 bits per heavy atom. The summed E-state index contributed by atoms with van der Waals surface area (Å²) in [6.07, 6.45) is 1.61. The summed E-state index contributed by atoms with van der Waals surface area (Å²) in [4.78, 5) is 13.8. The molecule has 1 N–H and O–H groups in total. The molecular weight excluding hydrogens is 242 g/mol. The summed E-state index contributed by atoms with van der Waals surface area (Å²) in [5.41, 5.74) is 0.985. The molecule has 1 aromatic carbocycles. The number of ether oxygens (including phenoxy) is 1. The number of likely N-dealkylation sites (tertiary alicyclic amines) is 1. The van der Waals surface area contributed by atoms with Crippen molar-refractivity contribution in [1.82, 2.24) is 4.90 Å². The van der Waals surface area contributed by atoms with Crippen LogP contribution in [0.4, 0.5) is 4.79 Å². The zero-order valence-corrected chi connectivity index (χ0v) is 11.3. The van der Waals surface area contributed by atoms with Crippen molar-refractivity contribution in [3.63, 3.8) is 0 Å². The van der Waals surface area contributed by atoms with Gasteiger partial charge in [0.1, 0.15) is 6.61 Å². The molecule has 1 fully saturated rings. The summed E-state index contributed by atoms with van der Waals surface area (Å²) in [6, 6.07) is 9.84. The van der Waals surface area contributed by atoms with Gasteiger partial charge >= 0.3 is 6.09 Å². The number of aliphatic hydroxyl groups excluding tert-OH is 1. The van der Waals surface area contributed by atoms with Crippen LogP contribution in [0.2, 0.25) is 0 Å². The Morgan fingerprint density at radius 3 is 2.79 bits per heavy atom. The number of carbonyl (C=O) groups is 1. The van der Waals surface area contributed by atoms with Crippen LogP contribution in [-0.2, 0) is 11.3 Å². The van der Waals surface area contributed by atoms with E-state index in [1.807, 2.05) is 37.3 Å². The van der Waals surface area contributed by atoms with Crippen molar-refractivity contribution in [2.24, 2.45) is 5.92 Å².